The molecule has 2 saturated heterocycles. The minimum atomic E-state index is -1.37. The highest BCUT2D eigenvalue weighted by atomic mass is 35.5. The highest BCUT2D eigenvalue weighted by molar-refractivity contribution is 6.33. The van der Waals surface area contributed by atoms with Crippen LogP contribution in [0.2, 0.25) is 5.02 Å². The molecule has 54 heavy (non-hydrogen) atoms. The van der Waals surface area contributed by atoms with E-state index < -0.39 is 35.0 Å². The van der Waals surface area contributed by atoms with Crippen LogP contribution < -0.4 is 0 Å². The second-order valence-electron chi connectivity index (χ2n) is 15.5. The fraction of sp³-hybridized carbons (Fsp3) is 0.304. The number of rotatable bonds is 6. The molecule has 0 aromatic heterocycles. The molecule has 2 aliphatic heterocycles. The zero-order valence-corrected chi connectivity index (χ0v) is 30.6. The van der Waals surface area contributed by atoms with E-state index in [0.717, 1.165) is 25.2 Å². The highest BCUT2D eigenvalue weighted by Crippen LogP contribution is 2.64. The summed E-state index contributed by atoms with van der Waals surface area (Å²) in [4.78, 5) is 63.4. The number of fused-ring (bicyclic) bond motifs is 4. The number of ketones is 2. The summed E-state index contributed by atoms with van der Waals surface area (Å²) in [5.41, 5.74) is 3.05. The Bertz CT molecular complexity index is 2210. The van der Waals surface area contributed by atoms with E-state index in [1.54, 1.807) is 17.0 Å². The maximum atomic E-state index is 15.2. The van der Waals surface area contributed by atoms with Gasteiger partial charge in [0.15, 0.2) is 11.6 Å². The average Bonchev–Trinajstić information content (AvgIpc) is 3.45. The standard InChI is InChI=1S/C46H41ClN2O5/c47-39-24-32(50)16-17-34(39)42-33-18-19-35-41(45(54)49(44(35)53)31-20-22-48(23-21-31)27-28-10-4-1-5-11-28)37(33)25-38-43(52)36(29-12-6-2-7-13-29)26-40(51)46(38,42)30-14-8-3-9-15-30/h1-18,24,26,31,35,37-38,41-42,50H,19-23,25,27H2. The highest BCUT2D eigenvalue weighted by Gasteiger charge is 2.66. The Labute approximate surface area is 319 Å². The van der Waals surface area contributed by atoms with Gasteiger partial charge in [0.05, 0.1) is 17.3 Å². The number of amides is 2. The number of piperidine rings is 1. The lowest BCUT2D eigenvalue weighted by Gasteiger charge is -2.55. The Balaban J connectivity index is 1.13. The molecule has 5 aliphatic rings. The van der Waals surface area contributed by atoms with Crippen LogP contribution in [-0.4, -0.2) is 57.4 Å². The van der Waals surface area contributed by atoms with E-state index in [2.05, 4.69) is 23.1 Å². The van der Waals surface area contributed by atoms with Gasteiger partial charge in [0.25, 0.3) is 0 Å². The first-order valence-electron chi connectivity index (χ1n) is 19.0. The number of benzene rings is 4. The fourth-order valence-electron chi connectivity index (χ4n) is 10.5. The number of carbonyl (C=O) groups excluding carboxylic acids is 4. The van der Waals surface area contributed by atoms with Crippen molar-refractivity contribution in [1.82, 2.24) is 9.80 Å². The molecule has 9 rings (SSSR count). The third kappa shape index (κ3) is 5.43. The molecule has 3 fully saturated rings. The van der Waals surface area contributed by atoms with Gasteiger partial charge in [-0.3, -0.25) is 29.0 Å². The number of Topliss-reactive ketones (excluding diaryl/α,β-unsaturated/α-hetero) is 1. The maximum Gasteiger partial charge on any atom is 0.233 e. The second kappa shape index (κ2) is 13.6. The maximum absolute atomic E-state index is 15.2. The lowest BCUT2D eigenvalue weighted by atomic mass is 9.44. The number of carbonyl (C=O) groups is 4. The number of nitrogens with zero attached hydrogens (tertiary/aromatic N) is 2. The minimum Gasteiger partial charge on any atom is -0.508 e. The molecule has 0 spiro atoms. The van der Waals surface area contributed by atoms with E-state index in [4.69, 9.17) is 11.6 Å². The fourth-order valence-corrected chi connectivity index (χ4v) is 10.8. The van der Waals surface area contributed by atoms with Crippen molar-refractivity contribution < 1.29 is 24.3 Å². The van der Waals surface area contributed by atoms with Gasteiger partial charge in [-0.15, -0.1) is 0 Å². The van der Waals surface area contributed by atoms with Crippen molar-refractivity contribution in [3.63, 3.8) is 0 Å². The van der Waals surface area contributed by atoms with Gasteiger partial charge >= 0.3 is 0 Å². The van der Waals surface area contributed by atoms with Crippen molar-refractivity contribution in [2.75, 3.05) is 13.1 Å². The predicted octanol–water partition coefficient (Wildman–Crippen LogP) is 7.53. The van der Waals surface area contributed by atoms with Gasteiger partial charge in [-0.25, -0.2) is 0 Å². The molecule has 1 saturated carbocycles. The number of hydrogen-bond acceptors (Lipinski definition) is 6. The molecule has 0 radical (unpaired) electrons. The third-order valence-electron chi connectivity index (χ3n) is 12.9. The minimum absolute atomic E-state index is 0.0153. The normalized spacial score (nSPS) is 28.6. The molecule has 0 bridgehead atoms. The van der Waals surface area contributed by atoms with Gasteiger partial charge in [0.2, 0.25) is 11.8 Å². The smallest absolute Gasteiger partial charge is 0.233 e. The van der Waals surface area contributed by atoms with E-state index in [9.17, 15) is 14.7 Å². The molecule has 2 heterocycles. The van der Waals surface area contributed by atoms with Gasteiger partial charge in [-0.1, -0.05) is 120 Å². The summed E-state index contributed by atoms with van der Waals surface area (Å²) in [6.45, 7) is 2.40. The number of likely N-dealkylation sites (tertiary alicyclic amines) is 2. The Kier molecular flexibility index (Phi) is 8.75. The number of allylic oxidation sites excluding steroid dienone is 4. The van der Waals surface area contributed by atoms with Crippen molar-refractivity contribution in [1.29, 1.82) is 0 Å². The summed E-state index contributed by atoms with van der Waals surface area (Å²) in [7, 11) is 0. The Morgan fingerprint density at radius 1 is 0.778 bits per heavy atom. The van der Waals surface area contributed by atoms with Gasteiger partial charge in [0.1, 0.15) is 5.75 Å². The molecule has 6 atom stereocenters. The monoisotopic (exact) mass is 736 g/mol. The first-order chi connectivity index (χ1) is 26.3. The number of aromatic hydroxyl groups is 1. The SMILES string of the molecule is O=C1C(c2ccccc2)=CC(=O)C2(c3ccccc3)C1CC1C(=CCC3C(=O)N(C4CCN(Cc5ccccc5)CC4)C(=O)C31)C2c1ccc(O)cc1Cl. The van der Waals surface area contributed by atoms with Crippen LogP contribution in [0.5, 0.6) is 5.75 Å². The number of halogens is 1. The summed E-state index contributed by atoms with van der Waals surface area (Å²) in [6, 6.07) is 33.6. The molecule has 3 aliphatic carbocycles. The van der Waals surface area contributed by atoms with Crippen LogP contribution in [0.15, 0.2) is 127 Å². The van der Waals surface area contributed by atoms with Crippen molar-refractivity contribution >= 4 is 40.6 Å². The number of hydrogen-bond donors (Lipinski definition) is 1. The van der Waals surface area contributed by atoms with E-state index in [1.807, 2.05) is 78.9 Å². The zero-order valence-electron chi connectivity index (χ0n) is 29.8. The van der Waals surface area contributed by atoms with Crippen LogP contribution in [0.25, 0.3) is 5.57 Å². The van der Waals surface area contributed by atoms with Crippen molar-refractivity contribution in [2.24, 2.45) is 23.7 Å². The molecular formula is C46H41ClN2O5. The van der Waals surface area contributed by atoms with E-state index in [1.165, 1.54) is 17.7 Å². The van der Waals surface area contributed by atoms with E-state index >= 15 is 9.59 Å². The molecular weight excluding hydrogens is 696 g/mol. The van der Waals surface area contributed by atoms with Crippen LogP contribution in [0.4, 0.5) is 0 Å². The predicted molar refractivity (Wildman–Crippen MR) is 206 cm³/mol. The van der Waals surface area contributed by atoms with E-state index in [0.29, 0.717) is 41.5 Å². The summed E-state index contributed by atoms with van der Waals surface area (Å²) < 4.78 is 0. The summed E-state index contributed by atoms with van der Waals surface area (Å²) in [5, 5.41) is 10.7. The lowest BCUT2D eigenvalue weighted by Crippen LogP contribution is -2.59. The average molecular weight is 737 g/mol. The molecule has 6 unspecified atom stereocenters. The van der Waals surface area contributed by atoms with Crippen LogP contribution >= 0.6 is 11.6 Å². The van der Waals surface area contributed by atoms with Gasteiger partial charge in [0, 0.05) is 48.1 Å². The molecule has 8 heteroatoms. The molecule has 7 nitrogen and oxygen atoms in total. The van der Waals surface area contributed by atoms with Crippen molar-refractivity contribution in [3.05, 3.63) is 154 Å². The Morgan fingerprint density at radius 2 is 1.44 bits per heavy atom. The Morgan fingerprint density at radius 3 is 2.13 bits per heavy atom. The number of imide groups is 1. The molecule has 2 amide bonds. The van der Waals surface area contributed by atoms with Gasteiger partial charge in [-0.05, 0) is 72.1 Å². The summed E-state index contributed by atoms with van der Waals surface area (Å²) >= 11 is 7.00. The third-order valence-corrected chi connectivity index (χ3v) is 13.2. The zero-order chi connectivity index (χ0) is 37.1. The number of phenols is 1. The van der Waals surface area contributed by atoms with Crippen LogP contribution in [0.1, 0.15) is 53.9 Å². The van der Waals surface area contributed by atoms with Crippen LogP contribution in [-0.2, 0) is 31.1 Å². The van der Waals surface area contributed by atoms with Crippen molar-refractivity contribution in [3.8, 4) is 5.75 Å². The van der Waals surface area contributed by atoms with E-state index in [-0.39, 0.29) is 46.6 Å². The summed E-state index contributed by atoms with van der Waals surface area (Å²) in [6.07, 6.45) is 5.58. The van der Waals surface area contributed by atoms with Crippen LogP contribution in [0.3, 0.4) is 0 Å². The molecule has 1 N–H and O–H groups in total. The van der Waals surface area contributed by atoms with Gasteiger partial charge in [-0.2, -0.15) is 0 Å². The molecule has 272 valence electrons. The van der Waals surface area contributed by atoms with Gasteiger partial charge < -0.3 is 5.11 Å². The second-order valence-corrected chi connectivity index (χ2v) is 15.9. The quantitative estimate of drug-likeness (QED) is 0.163. The Hall–Kier alpha value is -5.11. The first kappa shape index (κ1) is 34.6. The number of phenolic OH excluding ortho intramolecular Hbond substituents is 1. The lowest BCUT2D eigenvalue weighted by molar-refractivity contribution is -0.144. The first-order valence-corrected chi connectivity index (χ1v) is 19.4. The largest absolute Gasteiger partial charge is 0.508 e. The topological polar surface area (TPSA) is 95.0 Å². The molecule has 4 aromatic carbocycles. The molecule has 4 aromatic rings. The van der Waals surface area contributed by atoms with Crippen molar-refractivity contribution in [2.45, 2.75) is 49.6 Å². The summed E-state index contributed by atoms with van der Waals surface area (Å²) in [5.74, 6) is -3.90. The van der Waals surface area contributed by atoms with Crippen LogP contribution in [0, 0.1) is 23.7 Å².